The molecule has 0 aliphatic heterocycles. The van der Waals surface area contributed by atoms with Crippen molar-refractivity contribution >= 4 is 11.6 Å². The molecule has 0 radical (unpaired) electrons. The first-order valence-corrected chi connectivity index (χ1v) is 5.93. The van der Waals surface area contributed by atoms with Crippen LogP contribution in [0.1, 0.15) is 36.8 Å². The van der Waals surface area contributed by atoms with E-state index in [1.165, 1.54) is 5.56 Å². The molecule has 0 nitrogen and oxygen atoms in total. The first kappa shape index (κ1) is 12.5. The van der Waals surface area contributed by atoms with Crippen LogP contribution in [0.25, 0.3) is 0 Å². The maximum Gasteiger partial charge on any atom is 0.0894 e. The van der Waals surface area contributed by atoms with Crippen molar-refractivity contribution in [2.24, 2.45) is 0 Å². The predicted molar refractivity (Wildman–Crippen MR) is 64.3 cm³/mol. The van der Waals surface area contributed by atoms with E-state index in [0.717, 1.165) is 36.3 Å². The minimum atomic E-state index is -0.184. The Bertz CT molecular complexity index is 297. The summed E-state index contributed by atoms with van der Waals surface area (Å²) < 4.78 is 11.8. The average Bonchev–Trinajstić information content (AvgIpc) is 2.23. The molecule has 0 aliphatic carbocycles. The maximum absolute atomic E-state index is 11.8. The van der Waals surface area contributed by atoms with Gasteiger partial charge >= 0.3 is 0 Å². The zero-order valence-corrected chi connectivity index (χ0v) is 9.99. The van der Waals surface area contributed by atoms with Gasteiger partial charge in [-0.15, -0.1) is 0 Å². The van der Waals surface area contributed by atoms with Gasteiger partial charge in [0.15, 0.2) is 0 Å². The van der Waals surface area contributed by atoms with Gasteiger partial charge in [-0.05, 0) is 43.4 Å². The lowest BCUT2D eigenvalue weighted by atomic mass is 10.0. The number of aryl methyl sites for hydroxylation is 2. The maximum atomic E-state index is 11.8. The van der Waals surface area contributed by atoms with Gasteiger partial charge in [0.05, 0.1) is 6.67 Å². The van der Waals surface area contributed by atoms with Crippen molar-refractivity contribution in [1.82, 2.24) is 0 Å². The number of halogens is 2. The van der Waals surface area contributed by atoms with E-state index in [1.54, 1.807) is 0 Å². The van der Waals surface area contributed by atoms with Crippen LogP contribution in [-0.2, 0) is 6.42 Å². The summed E-state index contributed by atoms with van der Waals surface area (Å²) in [6.45, 7) is 1.82. The fourth-order valence-electron chi connectivity index (χ4n) is 1.57. The standard InChI is InChI=1S/C13H18ClF/c1-11-7-8-12(10-13(11)14)6-4-2-3-5-9-15/h7-8,10H,2-6,9H2,1H3. The Morgan fingerprint density at radius 1 is 1.13 bits per heavy atom. The molecule has 0 aromatic heterocycles. The van der Waals surface area contributed by atoms with Crippen LogP contribution in [0, 0.1) is 6.92 Å². The summed E-state index contributed by atoms with van der Waals surface area (Å²) >= 11 is 6.03. The Balaban J connectivity index is 2.28. The molecular formula is C13H18ClF. The molecule has 0 amide bonds. The molecule has 0 saturated heterocycles. The molecule has 1 aromatic rings. The van der Waals surface area contributed by atoms with Crippen LogP contribution in [0.3, 0.4) is 0 Å². The lowest BCUT2D eigenvalue weighted by molar-refractivity contribution is 0.453. The van der Waals surface area contributed by atoms with Gasteiger partial charge in [-0.3, -0.25) is 4.39 Å². The van der Waals surface area contributed by atoms with Crippen molar-refractivity contribution in [2.75, 3.05) is 6.67 Å². The van der Waals surface area contributed by atoms with E-state index in [2.05, 4.69) is 12.1 Å². The van der Waals surface area contributed by atoms with Gasteiger partial charge in [0.25, 0.3) is 0 Å². The number of alkyl halides is 1. The summed E-state index contributed by atoms with van der Waals surface area (Å²) in [5.41, 5.74) is 2.41. The minimum absolute atomic E-state index is 0.184. The van der Waals surface area contributed by atoms with Gasteiger partial charge in [0, 0.05) is 5.02 Å². The third-order valence-corrected chi connectivity index (χ3v) is 2.99. The highest BCUT2D eigenvalue weighted by atomic mass is 35.5. The van der Waals surface area contributed by atoms with Crippen molar-refractivity contribution in [3.05, 3.63) is 34.3 Å². The summed E-state index contributed by atoms with van der Waals surface area (Å²) in [6.07, 6.45) is 4.98. The molecule has 0 fully saturated rings. The molecule has 0 N–H and O–H groups in total. The smallest absolute Gasteiger partial charge is 0.0894 e. The van der Waals surface area contributed by atoms with Crippen molar-refractivity contribution < 1.29 is 4.39 Å². The molecule has 0 heterocycles. The molecule has 2 heteroatoms. The summed E-state index contributed by atoms with van der Waals surface area (Å²) in [6, 6.07) is 6.21. The molecule has 0 saturated carbocycles. The van der Waals surface area contributed by atoms with E-state index in [-0.39, 0.29) is 6.67 Å². The molecule has 0 atom stereocenters. The van der Waals surface area contributed by atoms with Crippen LogP contribution < -0.4 is 0 Å². The molecular weight excluding hydrogens is 211 g/mol. The second kappa shape index (κ2) is 6.84. The molecule has 1 aromatic carbocycles. The lowest BCUT2D eigenvalue weighted by Gasteiger charge is -2.03. The largest absolute Gasteiger partial charge is 0.251 e. The highest BCUT2D eigenvalue weighted by Gasteiger charge is 1.98. The van der Waals surface area contributed by atoms with Crippen molar-refractivity contribution in [3.8, 4) is 0 Å². The van der Waals surface area contributed by atoms with Crippen LogP contribution in [0.4, 0.5) is 4.39 Å². The minimum Gasteiger partial charge on any atom is -0.251 e. The van der Waals surface area contributed by atoms with Crippen LogP contribution in [0.2, 0.25) is 5.02 Å². The zero-order chi connectivity index (χ0) is 11.1. The van der Waals surface area contributed by atoms with Crippen molar-refractivity contribution in [2.45, 2.75) is 39.0 Å². The van der Waals surface area contributed by atoms with Crippen LogP contribution >= 0.6 is 11.6 Å². The van der Waals surface area contributed by atoms with Gasteiger partial charge in [0.1, 0.15) is 0 Å². The summed E-state index contributed by atoms with van der Waals surface area (Å²) in [4.78, 5) is 0. The Morgan fingerprint density at radius 2 is 1.87 bits per heavy atom. The first-order valence-electron chi connectivity index (χ1n) is 5.55. The number of hydrogen-bond acceptors (Lipinski definition) is 0. The summed E-state index contributed by atoms with van der Waals surface area (Å²) in [5.74, 6) is 0. The second-order valence-electron chi connectivity index (χ2n) is 3.94. The topological polar surface area (TPSA) is 0 Å². The number of unbranched alkanes of at least 4 members (excludes halogenated alkanes) is 3. The molecule has 84 valence electrons. The Hall–Kier alpha value is -0.560. The van der Waals surface area contributed by atoms with Gasteiger partial charge in [-0.25, -0.2) is 0 Å². The molecule has 0 bridgehead atoms. The Morgan fingerprint density at radius 3 is 2.53 bits per heavy atom. The normalized spacial score (nSPS) is 10.6. The van der Waals surface area contributed by atoms with Crippen LogP contribution in [-0.4, -0.2) is 6.67 Å². The SMILES string of the molecule is Cc1ccc(CCCCCCF)cc1Cl. The monoisotopic (exact) mass is 228 g/mol. The molecule has 0 unspecified atom stereocenters. The fourth-order valence-corrected chi connectivity index (χ4v) is 1.77. The van der Waals surface area contributed by atoms with Crippen molar-refractivity contribution in [3.63, 3.8) is 0 Å². The molecule has 1 rings (SSSR count). The lowest BCUT2D eigenvalue weighted by Crippen LogP contribution is -1.87. The van der Waals surface area contributed by atoms with Gasteiger partial charge in [-0.2, -0.15) is 0 Å². The van der Waals surface area contributed by atoms with Crippen molar-refractivity contribution in [1.29, 1.82) is 0 Å². The van der Waals surface area contributed by atoms with Gasteiger partial charge in [-0.1, -0.05) is 36.6 Å². The molecule has 0 aliphatic rings. The van der Waals surface area contributed by atoms with Crippen LogP contribution in [0.5, 0.6) is 0 Å². The van der Waals surface area contributed by atoms with E-state index in [9.17, 15) is 4.39 Å². The Labute approximate surface area is 96.5 Å². The number of benzene rings is 1. The van der Waals surface area contributed by atoms with E-state index < -0.39 is 0 Å². The zero-order valence-electron chi connectivity index (χ0n) is 9.23. The summed E-state index contributed by atoms with van der Waals surface area (Å²) in [7, 11) is 0. The fraction of sp³-hybridized carbons (Fsp3) is 0.538. The van der Waals surface area contributed by atoms with E-state index in [4.69, 9.17) is 11.6 Å². The highest BCUT2D eigenvalue weighted by Crippen LogP contribution is 2.18. The average molecular weight is 229 g/mol. The second-order valence-corrected chi connectivity index (χ2v) is 4.34. The van der Waals surface area contributed by atoms with Gasteiger partial charge < -0.3 is 0 Å². The highest BCUT2D eigenvalue weighted by molar-refractivity contribution is 6.31. The third kappa shape index (κ3) is 4.65. The van der Waals surface area contributed by atoms with Gasteiger partial charge in [0.2, 0.25) is 0 Å². The first-order chi connectivity index (χ1) is 7.24. The van der Waals surface area contributed by atoms with E-state index in [1.807, 2.05) is 13.0 Å². The molecule has 15 heavy (non-hydrogen) atoms. The summed E-state index contributed by atoms with van der Waals surface area (Å²) in [5, 5.41) is 0.844. The Kier molecular flexibility index (Phi) is 5.70. The third-order valence-electron chi connectivity index (χ3n) is 2.59. The van der Waals surface area contributed by atoms with E-state index in [0.29, 0.717) is 6.42 Å². The quantitative estimate of drug-likeness (QED) is 0.618. The van der Waals surface area contributed by atoms with Crippen LogP contribution in [0.15, 0.2) is 18.2 Å². The number of hydrogen-bond donors (Lipinski definition) is 0. The van der Waals surface area contributed by atoms with E-state index >= 15 is 0 Å². The predicted octanol–water partition coefficient (Wildman–Crippen LogP) is 4.72. The molecule has 0 spiro atoms. The number of rotatable bonds is 6.